The van der Waals surface area contributed by atoms with Crippen LogP contribution in [0, 0.1) is 0 Å². The zero-order valence-corrected chi connectivity index (χ0v) is 13.7. The van der Waals surface area contributed by atoms with Gasteiger partial charge in [-0.05, 0) is 6.42 Å². The van der Waals surface area contributed by atoms with E-state index in [1.807, 2.05) is 0 Å². The van der Waals surface area contributed by atoms with Crippen molar-refractivity contribution in [3.05, 3.63) is 0 Å². The summed E-state index contributed by atoms with van der Waals surface area (Å²) in [4.78, 5) is 21.7. The summed E-state index contributed by atoms with van der Waals surface area (Å²) in [6, 6.07) is 0. The highest BCUT2D eigenvalue weighted by atomic mass is 16.4. The number of carbonyl (C=O) groups is 2. The topological polar surface area (TPSA) is 66.4 Å². The van der Waals surface area contributed by atoms with Crippen LogP contribution in [0.25, 0.3) is 0 Å². The predicted octanol–water partition coefficient (Wildman–Crippen LogP) is 3.93. The quantitative estimate of drug-likeness (QED) is 0.424. The van der Waals surface area contributed by atoms with Gasteiger partial charge in [-0.3, -0.25) is 9.59 Å². The zero-order chi connectivity index (χ0) is 15.8. The van der Waals surface area contributed by atoms with Gasteiger partial charge in [-0.15, -0.1) is 0 Å². The number of rotatable bonds is 16. The number of carbonyl (C=O) groups excluding carboxylic acids is 1. The summed E-state index contributed by atoms with van der Waals surface area (Å²) in [5, 5.41) is 11.1. The number of unbranched alkanes of at least 4 members (excludes halogenated alkanes) is 10. The Morgan fingerprint density at radius 2 is 1.24 bits per heavy atom. The fourth-order valence-corrected chi connectivity index (χ4v) is 2.38. The SMILES string of the molecule is CCCCCCCCCCCCCC(=O)CNCC(=O)O. The molecule has 0 fully saturated rings. The summed E-state index contributed by atoms with van der Waals surface area (Å²) in [6.07, 6.45) is 14.6. The van der Waals surface area contributed by atoms with E-state index in [0.29, 0.717) is 6.42 Å². The molecule has 0 radical (unpaired) electrons. The number of hydrogen-bond donors (Lipinski definition) is 2. The predicted molar refractivity (Wildman–Crippen MR) is 86.6 cm³/mol. The molecule has 4 heteroatoms. The zero-order valence-electron chi connectivity index (χ0n) is 13.7. The number of carboxylic acid groups (broad SMARTS) is 1. The van der Waals surface area contributed by atoms with Gasteiger partial charge in [0.05, 0.1) is 13.1 Å². The molecule has 0 unspecified atom stereocenters. The molecule has 0 aromatic heterocycles. The fraction of sp³-hybridized carbons (Fsp3) is 0.882. The molecule has 0 rings (SSSR count). The van der Waals surface area contributed by atoms with E-state index in [1.54, 1.807) is 0 Å². The van der Waals surface area contributed by atoms with E-state index >= 15 is 0 Å². The molecule has 0 saturated carbocycles. The van der Waals surface area contributed by atoms with E-state index in [-0.39, 0.29) is 18.9 Å². The highest BCUT2D eigenvalue weighted by Gasteiger charge is 2.02. The molecule has 0 aromatic carbocycles. The lowest BCUT2D eigenvalue weighted by atomic mass is 10.0. The fourth-order valence-electron chi connectivity index (χ4n) is 2.38. The monoisotopic (exact) mass is 299 g/mol. The van der Waals surface area contributed by atoms with Crippen LogP contribution in [0.2, 0.25) is 0 Å². The van der Waals surface area contributed by atoms with Gasteiger partial charge in [0, 0.05) is 6.42 Å². The first-order valence-corrected chi connectivity index (χ1v) is 8.61. The Kier molecular flexibility index (Phi) is 14.8. The second kappa shape index (κ2) is 15.5. The number of carboxylic acids is 1. The van der Waals surface area contributed by atoms with Crippen LogP contribution in [-0.4, -0.2) is 29.9 Å². The standard InChI is InChI=1S/C17H33NO3/c1-2-3-4-5-6-7-8-9-10-11-12-13-16(19)14-18-15-17(20)21/h18H,2-15H2,1H3,(H,20,21). The van der Waals surface area contributed by atoms with Crippen molar-refractivity contribution in [3.8, 4) is 0 Å². The summed E-state index contributed by atoms with van der Waals surface area (Å²) in [5.41, 5.74) is 0. The third kappa shape index (κ3) is 17.0. The van der Waals surface area contributed by atoms with Crippen LogP contribution in [0.3, 0.4) is 0 Å². The molecule has 0 amide bonds. The molecular weight excluding hydrogens is 266 g/mol. The van der Waals surface area contributed by atoms with Gasteiger partial charge in [0.15, 0.2) is 0 Å². The normalized spacial score (nSPS) is 10.7. The molecule has 0 spiro atoms. The maximum absolute atomic E-state index is 11.4. The number of hydrogen-bond acceptors (Lipinski definition) is 3. The maximum atomic E-state index is 11.4. The van der Waals surface area contributed by atoms with Crippen molar-refractivity contribution < 1.29 is 14.7 Å². The first-order chi connectivity index (χ1) is 10.2. The largest absolute Gasteiger partial charge is 0.480 e. The summed E-state index contributed by atoms with van der Waals surface area (Å²) in [6.45, 7) is 2.29. The maximum Gasteiger partial charge on any atom is 0.317 e. The molecule has 0 saturated heterocycles. The number of nitrogens with one attached hydrogen (secondary N) is 1. The van der Waals surface area contributed by atoms with Crippen molar-refractivity contribution in [1.82, 2.24) is 5.32 Å². The first kappa shape index (κ1) is 20.1. The van der Waals surface area contributed by atoms with Gasteiger partial charge in [-0.1, -0.05) is 71.1 Å². The van der Waals surface area contributed by atoms with E-state index in [4.69, 9.17) is 5.11 Å². The molecule has 2 N–H and O–H groups in total. The summed E-state index contributed by atoms with van der Waals surface area (Å²) in [5.74, 6) is -0.801. The summed E-state index contributed by atoms with van der Waals surface area (Å²) < 4.78 is 0. The molecule has 0 aliphatic heterocycles. The second-order valence-electron chi connectivity index (χ2n) is 5.82. The average molecular weight is 299 g/mol. The van der Waals surface area contributed by atoms with E-state index < -0.39 is 5.97 Å². The molecule has 0 aliphatic rings. The van der Waals surface area contributed by atoms with Crippen LogP contribution in [0.4, 0.5) is 0 Å². The molecule has 124 valence electrons. The highest BCUT2D eigenvalue weighted by Crippen LogP contribution is 2.11. The number of Topliss-reactive ketones (excluding diaryl/α,β-unsaturated/α-hetero) is 1. The van der Waals surface area contributed by atoms with E-state index in [2.05, 4.69) is 12.2 Å². The average Bonchev–Trinajstić information content (AvgIpc) is 2.44. The van der Waals surface area contributed by atoms with Crippen LogP contribution in [-0.2, 0) is 9.59 Å². The molecule has 21 heavy (non-hydrogen) atoms. The minimum absolute atomic E-state index is 0.118. The van der Waals surface area contributed by atoms with Crippen molar-refractivity contribution in [2.75, 3.05) is 13.1 Å². The van der Waals surface area contributed by atoms with E-state index in [0.717, 1.165) is 12.8 Å². The molecular formula is C17H33NO3. The second-order valence-corrected chi connectivity index (χ2v) is 5.82. The Labute approximate surface area is 129 Å². The van der Waals surface area contributed by atoms with Crippen molar-refractivity contribution in [1.29, 1.82) is 0 Å². The van der Waals surface area contributed by atoms with Gasteiger partial charge in [0.2, 0.25) is 0 Å². The van der Waals surface area contributed by atoms with Crippen LogP contribution in [0.15, 0.2) is 0 Å². The Bertz CT molecular complexity index is 267. The third-order valence-corrected chi connectivity index (χ3v) is 3.66. The van der Waals surface area contributed by atoms with Gasteiger partial charge in [-0.25, -0.2) is 0 Å². The van der Waals surface area contributed by atoms with E-state index in [9.17, 15) is 9.59 Å². The van der Waals surface area contributed by atoms with Crippen molar-refractivity contribution in [2.24, 2.45) is 0 Å². The van der Waals surface area contributed by atoms with Gasteiger partial charge in [-0.2, -0.15) is 0 Å². The van der Waals surface area contributed by atoms with Crippen LogP contribution < -0.4 is 5.32 Å². The van der Waals surface area contributed by atoms with Crippen LogP contribution in [0.5, 0.6) is 0 Å². The third-order valence-electron chi connectivity index (χ3n) is 3.66. The van der Waals surface area contributed by atoms with Crippen LogP contribution >= 0.6 is 0 Å². The number of aliphatic carboxylic acids is 1. The van der Waals surface area contributed by atoms with Gasteiger partial charge in [0.1, 0.15) is 5.78 Å². The molecule has 0 heterocycles. The minimum atomic E-state index is -0.919. The molecule has 4 nitrogen and oxygen atoms in total. The van der Waals surface area contributed by atoms with Crippen molar-refractivity contribution in [3.63, 3.8) is 0 Å². The van der Waals surface area contributed by atoms with Gasteiger partial charge < -0.3 is 10.4 Å². The molecule has 0 aliphatic carbocycles. The Morgan fingerprint density at radius 1 is 0.762 bits per heavy atom. The highest BCUT2D eigenvalue weighted by molar-refractivity contribution is 5.81. The van der Waals surface area contributed by atoms with E-state index in [1.165, 1.54) is 57.8 Å². The lowest BCUT2D eigenvalue weighted by Crippen LogP contribution is -2.28. The smallest absolute Gasteiger partial charge is 0.317 e. The lowest BCUT2D eigenvalue weighted by molar-refractivity contribution is -0.135. The number of ketones is 1. The Hall–Kier alpha value is -0.900. The lowest BCUT2D eigenvalue weighted by Gasteiger charge is -2.03. The summed E-state index contributed by atoms with van der Waals surface area (Å²) in [7, 11) is 0. The minimum Gasteiger partial charge on any atom is -0.480 e. The van der Waals surface area contributed by atoms with Crippen LogP contribution in [0.1, 0.15) is 84.0 Å². The van der Waals surface area contributed by atoms with Crippen molar-refractivity contribution in [2.45, 2.75) is 84.0 Å². The first-order valence-electron chi connectivity index (χ1n) is 8.61. The van der Waals surface area contributed by atoms with Gasteiger partial charge >= 0.3 is 5.97 Å². The summed E-state index contributed by atoms with van der Waals surface area (Å²) >= 11 is 0. The Balaban J connectivity index is 3.14. The molecule has 0 atom stereocenters. The van der Waals surface area contributed by atoms with Crippen molar-refractivity contribution >= 4 is 11.8 Å². The van der Waals surface area contributed by atoms with Gasteiger partial charge in [0.25, 0.3) is 0 Å². The molecule has 0 bridgehead atoms. The molecule has 0 aromatic rings. The Morgan fingerprint density at radius 3 is 1.71 bits per heavy atom.